The summed E-state index contributed by atoms with van der Waals surface area (Å²) in [6, 6.07) is 39.9. The monoisotopic (exact) mass is 684 g/mol. The highest BCUT2D eigenvalue weighted by molar-refractivity contribution is 7.25. The number of fused-ring (bicyclic) bond motifs is 6. The molecule has 5 aromatic carbocycles. The Morgan fingerprint density at radius 1 is 0.725 bits per heavy atom. The van der Waals surface area contributed by atoms with Crippen molar-refractivity contribution in [2.24, 2.45) is 0 Å². The summed E-state index contributed by atoms with van der Waals surface area (Å²) in [5, 5.41) is 5.08. The first-order valence-corrected chi connectivity index (χ1v) is 19.1. The van der Waals surface area contributed by atoms with E-state index in [-0.39, 0.29) is 0 Å². The largest absolute Gasteiger partial charge is 0.311 e. The molecule has 0 atom stereocenters. The Balaban J connectivity index is 0.00000220. The Bertz CT molecular complexity index is 2460. The molecule has 0 unspecified atom stereocenters. The SMILES string of the molecule is C=C(/C=C(\CC)c1ccc2c(c1)c1ccccc1n2C(/C=C\C)=C/C=C\C)N(c1ccc2sc3ccccc3c2c1)c1ccccc1CC.CC. The number of benzene rings is 5. The Kier molecular flexibility index (Phi) is 11.2. The van der Waals surface area contributed by atoms with Crippen molar-refractivity contribution in [2.45, 2.75) is 54.4 Å². The van der Waals surface area contributed by atoms with Crippen molar-refractivity contribution in [3.05, 3.63) is 169 Å². The average Bonchev–Trinajstić information content (AvgIpc) is 3.72. The fourth-order valence-electron chi connectivity index (χ4n) is 7.02. The van der Waals surface area contributed by atoms with Gasteiger partial charge in [-0.3, -0.25) is 0 Å². The van der Waals surface area contributed by atoms with Crippen LogP contribution in [0.25, 0.3) is 53.2 Å². The minimum absolute atomic E-state index is 0.881. The first kappa shape index (κ1) is 35.4. The van der Waals surface area contributed by atoms with E-state index < -0.39 is 0 Å². The number of hydrogen-bond acceptors (Lipinski definition) is 2. The summed E-state index contributed by atoms with van der Waals surface area (Å²) >= 11 is 1.85. The Morgan fingerprint density at radius 2 is 1.43 bits per heavy atom. The molecule has 0 aliphatic rings. The quantitative estimate of drug-likeness (QED) is 0.130. The van der Waals surface area contributed by atoms with E-state index in [0.29, 0.717) is 0 Å². The number of allylic oxidation sites excluding steroid dienone is 8. The number of aryl methyl sites for hydroxylation is 1. The van der Waals surface area contributed by atoms with Crippen LogP contribution in [-0.4, -0.2) is 4.57 Å². The topological polar surface area (TPSA) is 8.17 Å². The highest BCUT2D eigenvalue weighted by atomic mass is 32.1. The predicted molar refractivity (Wildman–Crippen MR) is 229 cm³/mol. The van der Waals surface area contributed by atoms with Crippen molar-refractivity contribution < 1.29 is 0 Å². The molecule has 0 bridgehead atoms. The third kappa shape index (κ3) is 6.87. The maximum Gasteiger partial charge on any atom is 0.0541 e. The zero-order valence-corrected chi connectivity index (χ0v) is 31.6. The molecule has 0 aliphatic heterocycles. The van der Waals surface area contributed by atoms with Crippen LogP contribution in [0.2, 0.25) is 0 Å². The number of hydrogen-bond donors (Lipinski definition) is 0. The van der Waals surface area contributed by atoms with Crippen LogP contribution in [0.3, 0.4) is 0 Å². The minimum atomic E-state index is 0.881. The molecule has 7 rings (SSSR count). The Labute approximate surface area is 307 Å². The van der Waals surface area contributed by atoms with E-state index >= 15 is 0 Å². The second kappa shape index (κ2) is 16.1. The summed E-state index contributed by atoms with van der Waals surface area (Å²) in [4.78, 5) is 2.35. The van der Waals surface area contributed by atoms with Gasteiger partial charge in [-0.25, -0.2) is 0 Å². The molecule has 0 saturated carbocycles. The van der Waals surface area contributed by atoms with Crippen molar-refractivity contribution in [1.29, 1.82) is 0 Å². The van der Waals surface area contributed by atoms with E-state index in [1.807, 2.05) is 25.2 Å². The van der Waals surface area contributed by atoms with Crippen LogP contribution in [0.15, 0.2) is 158 Å². The molecule has 2 heterocycles. The average molecular weight is 685 g/mol. The van der Waals surface area contributed by atoms with Crippen LogP contribution in [-0.2, 0) is 6.42 Å². The maximum absolute atomic E-state index is 4.74. The molecule has 256 valence electrons. The molecule has 51 heavy (non-hydrogen) atoms. The standard InChI is InChI=1S/C46H42N2S.C2H6/c1-6-10-19-36(17-7-2)48-43-23-15-12-20-38(43)40-30-35(25-27-44(40)48)34(9-4)29-32(5)47(42-22-14-11-18-33(42)8-3)37-26-28-46-41(31-37)39-21-13-16-24-45(39)49-46;1-2/h6-7,10-31H,5,8-9H2,1-4H3;1-2H3/b10-6-,17-7-,34-29+,36-19+;. The van der Waals surface area contributed by atoms with Crippen LogP contribution < -0.4 is 4.90 Å². The number of thiophene rings is 1. The summed E-state index contributed by atoms with van der Waals surface area (Å²) in [5.41, 5.74) is 10.5. The molecule has 0 spiro atoms. The maximum atomic E-state index is 4.74. The van der Waals surface area contributed by atoms with Gasteiger partial charge in [0.05, 0.1) is 11.0 Å². The highest BCUT2D eigenvalue weighted by Gasteiger charge is 2.19. The molecule has 7 aromatic rings. The molecule has 0 fully saturated rings. The van der Waals surface area contributed by atoms with Crippen LogP contribution in [0.5, 0.6) is 0 Å². The number of rotatable bonds is 10. The lowest BCUT2D eigenvalue weighted by atomic mass is 9.99. The zero-order valence-electron chi connectivity index (χ0n) is 30.8. The highest BCUT2D eigenvalue weighted by Crippen LogP contribution is 2.41. The first-order chi connectivity index (χ1) is 25.1. The molecule has 0 radical (unpaired) electrons. The van der Waals surface area contributed by atoms with E-state index in [0.717, 1.165) is 29.9 Å². The molecule has 3 heteroatoms. The fraction of sp³-hybridized carbons (Fsp3) is 0.167. The van der Waals surface area contributed by atoms with Gasteiger partial charge in [-0.05, 0) is 110 Å². The van der Waals surface area contributed by atoms with E-state index in [9.17, 15) is 0 Å². The van der Waals surface area contributed by atoms with Gasteiger partial charge in [-0.15, -0.1) is 11.3 Å². The Morgan fingerprint density at radius 3 is 2.20 bits per heavy atom. The van der Waals surface area contributed by atoms with E-state index in [4.69, 9.17) is 6.58 Å². The molecule has 2 aromatic heterocycles. The minimum Gasteiger partial charge on any atom is -0.311 e. The molecule has 0 N–H and O–H groups in total. The molecular weight excluding hydrogens is 637 g/mol. The summed E-state index contributed by atoms with van der Waals surface area (Å²) in [5.74, 6) is 0. The van der Waals surface area contributed by atoms with Crippen molar-refractivity contribution >= 4 is 76.0 Å². The summed E-state index contributed by atoms with van der Waals surface area (Å²) in [7, 11) is 0. The van der Waals surface area contributed by atoms with Gasteiger partial charge in [-0.2, -0.15) is 0 Å². The van der Waals surface area contributed by atoms with Gasteiger partial charge < -0.3 is 9.47 Å². The lowest BCUT2D eigenvalue weighted by molar-refractivity contribution is 1.10. The first-order valence-electron chi connectivity index (χ1n) is 18.2. The number of anilines is 2. The van der Waals surface area contributed by atoms with Crippen molar-refractivity contribution in [3.8, 4) is 0 Å². The number of para-hydroxylation sites is 2. The smallest absolute Gasteiger partial charge is 0.0541 e. The second-order valence-electron chi connectivity index (χ2n) is 12.3. The number of aromatic nitrogens is 1. The predicted octanol–water partition coefficient (Wildman–Crippen LogP) is 14.9. The van der Waals surface area contributed by atoms with Crippen LogP contribution in [0.1, 0.15) is 59.1 Å². The lowest BCUT2D eigenvalue weighted by Gasteiger charge is -2.28. The summed E-state index contributed by atoms with van der Waals surface area (Å²) in [6.07, 6.45) is 14.8. The Hall–Kier alpha value is -5.38. The normalized spacial score (nSPS) is 12.4. The molecule has 0 aliphatic carbocycles. The van der Waals surface area contributed by atoms with Gasteiger partial charge >= 0.3 is 0 Å². The van der Waals surface area contributed by atoms with Crippen LogP contribution in [0.4, 0.5) is 11.4 Å². The van der Waals surface area contributed by atoms with Gasteiger partial charge in [0, 0.05) is 53.7 Å². The summed E-state index contributed by atoms with van der Waals surface area (Å²) in [6.45, 7) is 17.3. The van der Waals surface area contributed by atoms with Crippen molar-refractivity contribution in [3.63, 3.8) is 0 Å². The molecule has 0 amide bonds. The van der Waals surface area contributed by atoms with E-state index in [2.05, 4.69) is 183 Å². The third-order valence-corrected chi connectivity index (χ3v) is 10.5. The van der Waals surface area contributed by atoms with Gasteiger partial charge in [0.2, 0.25) is 0 Å². The van der Waals surface area contributed by atoms with Gasteiger partial charge in [0.1, 0.15) is 0 Å². The summed E-state index contributed by atoms with van der Waals surface area (Å²) < 4.78 is 4.99. The lowest BCUT2D eigenvalue weighted by Crippen LogP contribution is -2.16. The molecule has 2 nitrogen and oxygen atoms in total. The van der Waals surface area contributed by atoms with Crippen LogP contribution >= 0.6 is 11.3 Å². The van der Waals surface area contributed by atoms with Gasteiger partial charge in [0.25, 0.3) is 0 Å². The molecular formula is C48H48N2S. The second-order valence-corrected chi connectivity index (χ2v) is 13.4. The van der Waals surface area contributed by atoms with Crippen molar-refractivity contribution in [1.82, 2.24) is 4.57 Å². The van der Waals surface area contributed by atoms with E-state index in [1.165, 1.54) is 64.4 Å². The number of nitrogens with zero attached hydrogens (tertiary/aromatic N) is 2. The van der Waals surface area contributed by atoms with E-state index in [1.54, 1.807) is 0 Å². The fourth-order valence-corrected chi connectivity index (χ4v) is 8.10. The van der Waals surface area contributed by atoms with Crippen LogP contribution in [0, 0.1) is 0 Å². The molecule has 0 saturated heterocycles. The zero-order chi connectivity index (χ0) is 35.9. The van der Waals surface area contributed by atoms with Gasteiger partial charge in [-0.1, -0.05) is 113 Å². The third-order valence-electron chi connectivity index (χ3n) is 9.34. The van der Waals surface area contributed by atoms with Crippen molar-refractivity contribution in [2.75, 3.05) is 4.90 Å². The van der Waals surface area contributed by atoms with Gasteiger partial charge in [0.15, 0.2) is 0 Å².